The molecule has 0 bridgehead atoms. The largest absolute Gasteiger partial charge is 0.368 e. The average molecular weight is 483 g/mol. The van der Waals surface area contributed by atoms with E-state index in [1.807, 2.05) is 0 Å². The van der Waals surface area contributed by atoms with Crippen LogP contribution in [-0.4, -0.2) is 50.8 Å². The number of carbonyl (C=O) groups is 1. The minimum absolute atomic E-state index is 0.0935. The van der Waals surface area contributed by atoms with Gasteiger partial charge in [0.1, 0.15) is 5.52 Å². The Labute approximate surface area is 199 Å². The first-order chi connectivity index (χ1) is 16.7. The number of aryl methyl sites for hydroxylation is 1. The highest BCUT2D eigenvalue weighted by Crippen LogP contribution is 2.31. The van der Waals surface area contributed by atoms with E-state index in [1.54, 1.807) is 31.4 Å². The standard InChI is InChI=1S/C24H24F3N7O/c1-12-9-34(10-13(2)29-12)19-5-4-16(21-17(19)8-28-23(31-21)22(26)27)24(35)30-15-6-14-11-33(3)32-20(14)18(25)7-15/h4-8,11-13,22,29H,9-10H2,1-3H3,(H,30,35). The third kappa shape index (κ3) is 4.39. The van der Waals surface area contributed by atoms with Crippen LogP contribution in [0.4, 0.5) is 24.5 Å². The second-order valence-corrected chi connectivity index (χ2v) is 8.95. The number of hydrogen-bond acceptors (Lipinski definition) is 6. The first-order valence-corrected chi connectivity index (χ1v) is 11.2. The highest BCUT2D eigenvalue weighted by atomic mass is 19.3. The van der Waals surface area contributed by atoms with Crippen molar-refractivity contribution in [2.45, 2.75) is 32.4 Å². The SMILES string of the molecule is CC1CN(c2ccc(C(=O)Nc3cc(F)c4nn(C)cc4c3)c3nc(C(F)F)ncc23)CC(C)N1. The fourth-order valence-corrected chi connectivity index (χ4v) is 4.69. The van der Waals surface area contributed by atoms with Crippen molar-refractivity contribution in [3.63, 3.8) is 0 Å². The van der Waals surface area contributed by atoms with Crippen LogP contribution < -0.4 is 15.5 Å². The number of nitrogens with one attached hydrogen (secondary N) is 2. The maximum Gasteiger partial charge on any atom is 0.297 e. The van der Waals surface area contributed by atoms with Crippen molar-refractivity contribution in [3.8, 4) is 0 Å². The summed E-state index contributed by atoms with van der Waals surface area (Å²) < 4.78 is 42.8. The van der Waals surface area contributed by atoms with Crippen molar-refractivity contribution in [2.24, 2.45) is 7.05 Å². The summed E-state index contributed by atoms with van der Waals surface area (Å²) in [6.07, 6.45) is 0.0881. The van der Waals surface area contributed by atoms with Crippen molar-refractivity contribution in [1.29, 1.82) is 0 Å². The molecule has 1 amide bonds. The van der Waals surface area contributed by atoms with Gasteiger partial charge in [0.2, 0.25) is 0 Å². The smallest absolute Gasteiger partial charge is 0.297 e. The van der Waals surface area contributed by atoms with Crippen LogP contribution in [0, 0.1) is 5.82 Å². The summed E-state index contributed by atoms with van der Waals surface area (Å²) in [7, 11) is 1.67. The molecule has 3 heterocycles. The van der Waals surface area contributed by atoms with Gasteiger partial charge in [-0.1, -0.05) is 0 Å². The second kappa shape index (κ2) is 8.81. The summed E-state index contributed by atoms with van der Waals surface area (Å²) in [5.41, 5.74) is 1.38. The van der Waals surface area contributed by atoms with Gasteiger partial charge in [-0.3, -0.25) is 9.48 Å². The lowest BCUT2D eigenvalue weighted by Gasteiger charge is -2.38. The van der Waals surface area contributed by atoms with Crippen LogP contribution in [0.15, 0.2) is 36.7 Å². The van der Waals surface area contributed by atoms with Crippen molar-refractivity contribution >= 4 is 39.1 Å². The minimum Gasteiger partial charge on any atom is -0.368 e. The number of carbonyl (C=O) groups excluding carboxylic acids is 1. The lowest BCUT2D eigenvalue weighted by atomic mass is 10.0. The fourth-order valence-electron chi connectivity index (χ4n) is 4.69. The van der Waals surface area contributed by atoms with Crippen LogP contribution in [0.2, 0.25) is 0 Å². The Kier molecular flexibility index (Phi) is 5.79. The summed E-state index contributed by atoms with van der Waals surface area (Å²) in [5, 5.41) is 11.2. The number of alkyl halides is 2. The third-order valence-electron chi connectivity index (χ3n) is 6.02. The zero-order chi connectivity index (χ0) is 24.9. The molecule has 2 unspecified atom stereocenters. The molecule has 2 N–H and O–H groups in total. The van der Waals surface area contributed by atoms with Crippen molar-refractivity contribution in [2.75, 3.05) is 23.3 Å². The molecular weight excluding hydrogens is 459 g/mol. The maximum atomic E-state index is 14.5. The van der Waals surface area contributed by atoms with E-state index in [0.717, 1.165) is 5.69 Å². The first-order valence-electron chi connectivity index (χ1n) is 11.2. The molecule has 2 atom stereocenters. The van der Waals surface area contributed by atoms with Crippen LogP contribution >= 0.6 is 0 Å². The number of piperazine rings is 1. The number of benzene rings is 2. The summed E-state index contributed by atoms with van der Waals surface area (Å²) in [6.45, 7) is 5.53. The lowest BCUT2D eigenvalue weighted by Crippen LogP contribution is -2.54. The van der Waals surface area contributed by atoms with Crippen molar-refractivity contribution in [3.05, 3.63) is 53.9 Å². The average Bonchev–Trinajstić information content (AvgIpc) is 3.18. The van der Waals surface area contributed by atoms with Crippen LogP contribution in [-0.2, 0) is 7.05 Å². The first kappa shape index (κ1) is 23.0. The van der Waals surface area contributed by atoms with Gasteiger partial charge in [0.05, 0.1) is 11.1 Å². The number of amides is 1. The summed E-state index contributed by atoms with van der Waals surface area (Å²) in [6, 6.07) is 6.55. The molecule has 1 aliphatic rings. The Balaban J connectivity index is 1.56. The van der Waals surface area contributed by atoms with Gasteiger partial charge in [0, 0.05) is 66.8 Å². The molecule has 1 saturated heterocycles. The zero-order valence-electron chi connectivity index (χ0n) is 19.4. The number of hydrogen-bond donors (Lipinski definition) is 2. The van der Waals surface area contributed by atoms with Crippen LogP contribution in [0.3, 0.4) is 0 Å². The molecule has 8 nitrogen and oxygen atoms in total. The monoisotopic (exact) mass is 483 g/mol. The molecule has 0 aliphatic carbocycles. The van der Waals surface area contributed by atoms with E-state index in [1.165, 1.54) is 16.9 Å². The molecule has 35 heavy (non-hydrogen) atoms. The van der Waals surface area contributed by atoms with Crippen molar-refractivity contribution < 1.29 is 18.0 Å². The molecule has 1 aliphatic heterocycles. The normalized spacial score (nSPS) is 18.5. The Morgan fingerprint density at radius 2 is 1.91 bits per heavy atom. The number of rotatable bonds is 4. The quantitative estimate of drug-likeness (QED) is 0.456. The van der Waals surface area contributed by atoms with Gasteiger partial charge in [0.25, 0.3) is 12.3 Å². The maximum absolute atomic E-state index is 14.5. The number of aromatic nitrogens is 4. The lowest BCUT2D eigenvalue weighted by molar-refractivity contribution is 0.102. The third-order valence-corrected chi connectivity index (χ3v) is 6.02. The molecule has 0 saturated carbocycles. The molecular formula is C24H24F3N7O. The van der Waals surface area contributed by atoms with Gasteiger partial charge in [-0.25, -0.2) is 23.1 Å². The van der Waals surface area contributed by atoms with Gasteiger partial charge >= 0.3 is 0 Å². The molecule has 2 aromatic carbocycles. The minimum atomic E-state index is -2.89. The fraction of sp³-hybridized carbons (Fsp3) is 0.333. The van der Waals surface area contributed by atoms with E-state index in [2.05, 4.69) is 44.4 Å². The van der Waals surface area contributed by atoms with E-state index in [4.69, 9.17) is 0 Å². The second-order valence-electron chi connectivity index (χ2n) is 8.95. The van der Waals surface area contributed by atoms with Gasteiger partial charge in [-0.15, -0.1) is 0 Å². The summed E-state index contributed by atoms with van der Waals surface area (Å²) in [5.74, 6) is -1.83. The number of halogens is 3. The predicted molar refractivity (Wildman–Crippen MR) is 127 cm³/mol. The van der Waals surface area contributed by atoms with Crippen LogP contribution in [0.1, 0.15) is 36.5 Å². The Hall–Kier alpha value is -3.73. The van der Waals surface area contributed by atoms with E-state index in [-0.39, 0.29) is 34.4 Å². The predicted octanol–water partition coefficient (Wildman–Crippen LogP) is 4.03. The zero-order valence-corrected chi connectivity index (χ0v) is 19.4. The Bertz CT molecular complexity index is 1430. The summed E-state index contributed by atoms with van der Waals surface area (Å²) >= 11 is 0. The number of nitrogens with zero attached hydrogens (tertiary/aromatic N) is 5. The number of fused-ring (bicyclic) bond motifs is 2. The highest BCUT2D eigenvalue weighted by Gasteiger charge is 2.25. The van der Waals surface area contributed by atoms with E-state index in [9.17, 15) is 18.0 Å². The molecule has 0 radical (unpaired) electrons. The Morgan fingerprint density at radius 3 is 2.63 bits per heavy atom. The molecule has 11 heteroatoms. The summed E-state index contributed by atoms with van der Waals surface area (Å²) in [4.78, 5) is 23.2. The van der Waals surface area contributed by atoms with Crippen LogP contribution in [0.25, 0.3) is 21.8 Å². The highest BCUT2D eigenvalue weighted by molar-refractivity contribution is 6.14. The van der Waals surface area contributed by atoms with Crippen LogP contribution in [0.5, 0.6) is 0 Å². The molecule has 2 aromatic heterocycles. The topological polar surface area (TPSA) is 88.0 Å². The van der Waals surface area contributed by atoms with Gasteiger partial charge in [-0.05, 0) is 38.1 Å². The number of anilines is 2. The van der Waals surface area contributed by atoms with Gasteiger partial charge < -0.3 is 15.5 Å². The van der Waals surface area contributed by atoms with Crippen molar-refractivity contribution in [1.82, 2.24) is 25.1 Å². The molecule has 4 aromatic rings. The Morgan fingerprint density at radius 1 is 1.17 bits per heavy atom. The van der Waals surface area contributed by atoms with Gasteiger partial charge in [-0.2, -0.15) is 5.10 Å². The molecule has 0 spiro atoms. The molecule has 182 valence electrons. The molecule has 5 rings (SSSR count). The van der Waals surface area contributed by atoms with Gasteiger partial charge in [0.15, 0.2) is 11.6 Å². The molecule has 1 fully saturated rings. The van der Waals surface area contributed by atoms with E-state index >= 15 is 0 Å². The van der Waals surface area contributed by atoms with E-state index < -0.39 is 24.0 Å². The van der Waals surface area contributed by atoms with E-state index in [0.29, 0.717) is 23.9 Å².